The van der Waals surface area contributed by atoms with Crippen LogP contribution in [0.25, 0.3) is 0 Å². The molecule has 0 bridgehead atoms. The molecular weight excluding hydrogens is 346 g/mol. The Morgan fingerprint density at radius 2 is 2.25 bits per heavy atom. The second-order valence-electron chi connectivity index (χ2n) is 3.96. The predicted octanol–water partition coefficient (Wildman–Crippen LogP) is 2.24. The Hall–Kier alpha value is -1.45. The van der Waals surface area contributed by atoms with Crippen LogP contribution in [0.3, 0.4) is 0 Å². The first-order chi connectivity index (χ1) is 9.54. The topological polar surface area (TPSA) is 99.9 Å². The summed E-state index contributed by atoms with van der Waals surface area (Å²) in [6.45, 7) is 0.324. The van der Waals surface area contributed by atoms with Crippen LogP contribution in [0.5, 0.6) is 0 Å². The molecule has 0 aliphatic rings. The van der Waals surface area contributed by atoms with Gasteiger partial charge in [0.05, 0.1) is 15.9 Å². The summed E-state index contributed by atoms with van der Waals surface area (Å²) in [6, 6.07) is 4.97. The maximum atomic E-state index is 10.9. The van der Waals surface area contributed by atoms with E-state index in [4.69, 9.17) is 5.73 Å². The summed E-state index contributed by atoms with van der Waals surface area (Å²) < 4.78 is 2.31. The molecule has 7 nitrogen and oxygen atoms in total. The van der Waals surface area contributed by atoms with Crippen molar-refractivity contribution in [3.8, 4) is 0 Å². The Labute approximate surface area is 127 Å². The quantitative estimate of drug-likeness (QED) is 0.500. The van der Waals surface area contributed by atoms with E-state index < -0.39 is 4.92 Å². The van der Waals surface area contributed by atoms with Crippen molar-refractivity contribution in [3.63, 3.8) is 0 Å². The van der Waals surface area contributed by atoms with Crippen molar-refractivity contribution in [2.75, 3.05) is 0 Å². The first-order valence-corrected chi connectivity index (χ1v) is 7.45. The Balaban J connectivity index is 2.17. The predicted molar refractivity (Wildman–Crippen MR) is 79.3 cm³/mol. The van der Waals surface area contributed by atoms with E-state index in [1.54, 1.807) is 6.07 Å². The third-order valence-corrected chi connectivity index (χ3v) is 4.70. The zero-order chi connectivity index (χ0) is 14.7. The summed E-state index contributed by atoms with van der Waals surface area (Å²) in [5.41, 5.74) is 6.43. The smallest absolute Gasteiger partial charge is 0.283 e. The molecule has 9 heteroatoms. The van der Waals surface area contributed by atoms with Gasteiger partial charge < -0.3 is 10.3 Å². The molecule has 0 atom stereocenters. The second kappa shape index (κ2) is 6.33. The van der Waals surface area contributed by atoms with Gasteiger partial charge in [-0.05, 0) is 21.5 Å². The highest BCUT2D eigenvalue weighted by molar-refractivity contribution is 9.10. The molecule has 0 aliphatic carbocycles. The molecule has 2 N–H and O–H groups in total. The number of rotatable bonds is 5. The summed E-state index contributed by atoms with van der Waals surface area (Å²) in [6.07, 6.45) is 0. The van der Waals surface area contributed by atoms with Crippen LogP contribution in [0.1, 0.15) is 11.4 Å². The lowest BCUT2D eigenvalue weighted by Crippen LogP contribution is -2.05. The lowest BCUT2D eigenvalue weighted by Gasteiger charge is -2.05. The van der Waals surface area contributed by atoms with E-state index >= 15 is 0 Å². The van der Waals surface area contributed by atoms with Crippen molar-refractivity contribution < 1.29 is 4.92 Å². The minimum Gasteiger partial charge on any atom is -0.324 e. The minimum absolute atomic E-state index is 0.0590. The Morgan fingerprint density at radius 1 is 1.50 bits per heavy atom. The molecule has 1 aromatic heterocycles. The van der Waals surface area contributed by atoms with Crippen molar-refractivity contribution in [1.82, 2.24) is 14.8 Å². The Kier molecular flexibility index (Phi) is 4.73. The van der Waals surface area contributed by atoms with Gasteiger partial charge in [-0.1, -0.05) is 23.9 Å². The highest BCUT2D eigenvalue weighted by atomic mass is 79.9. The summed E-state index contributed by atoms with van der Waals surface area (Å²) in [7, 11) is 1.84. The van der Waals surface area contributed by atoms with Crippen LogP contribution in [-0.2, 0) is 19.3 Å². The number of hydrogen-bond donors (Lipinski definition) is 1. The van der Waals surface area contributed by atoms with Crippen LogP contribution < -0.4 is 5.73 Å². The van der Waals surface area contributed by atoms with Crippen molar-refractivity contribution in [3.05, 3.63) is 44.2 Å². The zero-order valence-corrected chi connectivity index (χ0v) is 13.0. The number of halogens is 1. The zero-order valence-electron chi connectivity index (χ0n) is 10.6. The lowest BCUT2D eigenvalue weighted by molar-refractivity contribution is -0.385. The fourth-order valence-electron chi connectivity index (χ4n) is 1.61. The van der Waals surface area contributed by atoms with E-state index in [2.05, 4.69) is 26.1 Å². The van der Waals surface area contributed by atoms with Gasteiger partial charge in [0.1, 0.15) is 5.82 Å². The summed E-state index contributed by atoms with van der Waals surface area (Å²) in [4.78, 5) is 10.5. The molecule has 0 saturated heterocycles. The third kappa shape index (κ3) is 3.00. The van der Waals surface area contributed by atoms with Crippen LogP contribution >= 0.6 is 27.7 Å². The van der Waals surface area contributed by atoms with Gasteiger partial charge in [0.2, 0.25) is 0 Å². The molecule has 0 aliphatic heterocycles. The van der Waals surface area contributed by atoms with Crippen molar-refractivity contribution in [1.29, 1.82) is 0 Å². The molecule has 2 aromatic rings. The number of nitrogens with zero attached hydrogens (tertiary/aromatic N) is 4. The minimum atomic E-state index is -0.410. The maximum absolute atomic E-state index is 10.9. The van der Waals surface area contributed by atoms with E-state index in [1.807, 2.05) is 17.7 Å². The Bertz CT molecular complexity index is 646. The van der Waals surface area contributed by atoms with Gasteiger partial charge in [-0.3, -0.25) is 10.1 Å². The molecular formula is C11H12BrN5O2S. The molecule has 2 rings (SSSR count). The van der Waals surface area contributed by atoms with Crippen LogP contribution in [-0.4, -0.2) is 19.7 Å². The van der Waals surface area contributed by atoms with Crippen LogP contribution in [0.15, 0.2) is 27.8 Å². The SMILES string of the molecule is Cn1c(CN)nnc1SCc1cccc([N+](=O)[O-])c1Br. The average Bonchev–Trinajstić information content (AvgIpc) is 2.78. The van der Waals surface area contributed by atoms with Gasteiger partial charge in [0, 0.05) is 18.9 Å². The van der Waals surface area contributed by atoms with E-state index in [9.17, 15) is 10.1 Å². The van der Waals surface area contributed by atoms with Gasteiger partial charge in [-0.2, -0.15) is 0 Å². The van der Waals surface area contributed by atoms with Gasteiger partial charge in [0.25, 0.3) is 5.69 Å². The number of nitrogens with two attached hydrogens (primary N) is 1. The summed E-state index contributed by atoms with van der Waals surface area (Å²) >= 11 is 4.73. The molecule has 0 amide bonds. The van der Waals surface area contributed by atoms with E-state index in [0.717, 1.165) is 10.7 Å². The molecule has 0 fully saturated rings. The third-order valence-electron chi connectivity index (χ3n) is 2.72. The van der Waals surface area contributed by atoms with Crippen molar-refractivity contribution in [2.45, 2.75) is 17.5 Å². The molecule has 0 radical (unpaired) electrons. The van der Waals surface area contributed by atoms with Crippen molar-refractivity contribution in [2.24, 2.45) is 12.8 Å². The summed E-state index contributed by atoms with van der Waals surface area (Å²) in [5.74, 6) is 1.25. The standard InChI is InChI=1S/C11H12BrN5O2S/c1-16-9(5-13)14-15-11(16)20-6-7-3-2-4-8(10(7)12)17(18)19/h2-4H,5-6,13H2,1H3. The van der Waals surface area contributed by atoms with Crippen LogP contribution in [0.4, 0.5) is 5.69 Å². The molecule has 1 aromatic carbocycles. The van der Waals surface area contributed by atoms with E-state index in [1.165, 1.54) is 17.8 Å². The molecule has 1 heterocycles. The summed E-state index contributed by atoms with van der Waals surface area (Å²) in [5, 5.41) is 19.6. The number of nitro benzene ring substituents is 1. The number of thioether (sulfide) groups is 1. The molecule has 0 unspecified atom stereocenters. The van der Waals surface area contributed by atoms with Gasteiger partial charge in [-0.25, -0.2) is 0 Å². The second-order valence-corrected chi connectivity index (χ2v) is 5.69. The fourth-order valence-corrected chi connectivity index (χ4v) is 3.27. The highest BCUT2D eigenvalue weighted by Gasteiger charge is 2.16. The van der Waals surface area contributed by atoms with Gasteiger partial charge in [-0.15, -0.1) is 10.2 Å². The first-order valence-electron chi connectivity index (χ1n) is 5.67. The molecule has 20 heavy (non-hydrogen) atoms. The lowest BCUT2D eigenvalue weighted by atomic mass is 10.2. The fraction of sp³-hybridized carbons (Fsp3) is 0.273. The van der Waals surface area contributed by atoms with Gasteiger partial charge in [0.15, 0.2) is 5.16 Å². The highest BCUT2D eigenvalue weighted by Crippen LogP contribution is 2.32. The molecule has 0 spiro atoms. The normalized spacial score (nSPS) is 10.8. The number of hydrogen-bond acceptors (Lipinski definition) is 6. The monoisotopic (exact) mass is 357 g/mol. The molecule has 106 valence electrons. The Morgan fingerprint density at radius 3 is 2.85 bits per heavy atom. The first kappa shape index (κ1) is 14.9. The number of aromatic nitrogens is 3. The van der Waals surface area contributed by atoms with E-state index in [0.29, 0.717) is 22.6 Å². The van der Waals surface area contributed by atoms with Crippen molar-refractivity contribution >= 4 is 33.4 Å². The number of benzene rings is 1. The largest absolute Gasteiger partial charge is 0.324 e. The number of nitro groups is 1. The van der Waals surface area contributed by atoms with Gasteiger partial charge >= 0.3 is 0 Å². The molecule has 0 saturated carbocycles. The average molecular weight is 358 g/mol. The van der Waals surface area contributed by atoms with Crippen LogP contribution in [0, 0.1) is 10.1 Å². The maximum Gasteiger partial charge on any atom is 0.283 e. The van der Waals surface area contributed by atoms with E-state index in [-0.39, 0.29) is 5.69 Å². The van der Waals surface area contributed by atoms with Crippen LogP contribution in [0.2, 0.25) is 0 Å².